The lowest BCUT2D eigenvalue weighted by Gasteiger charge is -2.14. The molecule has 0 aliphatic carbocycles. The highest BCUT2D eigenvalue weighted by atomic mass is 35.5. The summed E-state index contributed by atoms with van der Waals surface area (Å²) in [4.78, 5) is 22.0. The molecule has 0 radical (unpaired) electrons. The third-order valence-corrected chi connectivity index (χ3v) is 2.72. The molecule has 1 unspecified atom stereocenters. The fourth-order valence-electron chi connectivity index (χ4n) is 1.52. The Hall–Kier alpha value is -1.96. The van der Waals surface area contributed by atoms with Crippen molar-refractivity contribution < 1.29 is 27.9 Å². The number of hydrogen-bond donors (Lipinski definition) is 3. The average Bonchev–Trinajstić information content (AvgIpc) is 2.28. The molecule has 1 aromatic rings. The first-order valence-electron chi connectivity index (χ1n) is 5.75. The number of hydrogen-bond acceptors (Lipinski definition) is 2. The maximum absolute atomic E-state index is 12.6. The molecule has 116 valence electrons. The van der Waals surface area contributed by atoms with Crippen LogP contribution in [0.15, 0.2) is 18.2 Å². The van der Waals surface area contributed by atoms with Gasteiger partial charge in [-0.2, -0.15) is 13.2 Å². The van der Waals surface area contributed by atoms with Gasteiger partial charge in [-0.1, -0.05) is 11.6 Å². The molecule has 0 heterocycles. The summed E-state index contributed by atoms with van der Waals surface area (Å²) in [5.41, 5.74) is -1.17. The minimum atomic E-state index is -4.64. The molecule has 9 heteroatoms. The number of nitrogens with one attached hydrogen (secondary N) is 2. The van der Waals surface area contributed by atoms with Gasteiger partial charge in [0.25, 0.3) is 0 Å². The second kappa shape index (κ2) is 6.66. The number of aliphatic carboxylic acids is 1. The second-order valence-electron chi connectivity index (χ2n) is 4.29. The first-order valence-corrected chi connectivity index (χ1v) is 6.13. The molecule has 5 nitrogen and oxygen atoms in total. The number of urea groups is 1. The number of benzene rings is 1. The molecule has 1 rings (SSSR count). The van der Waals surface area contributed by atoms with Crippen molar-refractivity contribution in [3.05, 3.63) is 28.8 Å². The van der Waals surface area contributed by atoms with Crippen molar-refractivity contribution in [2.24, 2.45) is 0 Å². The van der Waals surface area contributed by atoms with Gasteiger partial charge in [0, 0.05) is 11.7 Å². The SMILES string of the molecule is CC(CC(=O)O)NC(=O)Nc1ccc(Cl)c(C(F)(F)F)c1. The first kappa shape index (κ1) is 17.1. The van der Waals surface area contributed by atoms with Crippen molar-refractivity contribution in [1.82, 2.24) is 5.32 Å². The summed E-state index contributed by atoms with van der Waals surface area (Å²) in [6.45, 7) is 1.46. The fourth-order valence-corrected chi connectivity index (χ4v) is 1.75. The number of amides is 2. The quantitative estimate of drug-likeness (QED) is 0.794. The Morgan fingerprint density at radius 3 is 2.52 bits per heavy atom. The second-order valence-corrected chi connectivity index (χ2v) is 4.70. The summed E-state index contributed by atoms with van der Waals surface area (Å²) in [7, 11) is 0. The highest BCUT2D eigenvalue weighted by Gasteiger charge is 2.33. The summed E-state index contributed by atoms with van der Waals surface area (Å²) in [6.07, 6.45) is -4.94. The van der Waals surface area contributed by atoms with Crippen LogP contribution in [0.2, 0.25) is 5.02 Å². The zero-order valence-electron chi connectivity index (χ0n) is 10.8. The van der Waals surface area contributed by atoms with Crippen LogP contribution in [0, 0.1) is 0 Å². The number of anilines is 1. The van der Waals surface area contributed by atoms with Gasteiger partial charge >= 0.3 is 18.2 Å². The van der Waals surface area contributed by atoms with E-state index in [9.17, 15) is 22.8 Å². The molecule has 1 aromatic carbocycles. The molecule has 2 amide bonds. The first-order chi connectivity index (χ1) is 9.59. The molecule has 0 aromatic heterocycles. The highest BCUT2D eigenvalue weighted by molar-refractivity contribution is 6.31. The van der Waals surface area contributed by atoms with Crippen LogP contribution in [0.3, 0.4) is 0 Å². The van der Waals surface area contributed by atoms with Crippen LogP contribution in [-0.4, -0.2) is 23.1 Å². The molecule has 21 heavy (non-hydrogen) atoms. The van der Waals surface area contributed by atoms with Gasteiger partial charge in [0.15, 0.2) is 0 Å². The van der Waals surface area contributed by atoms with E-state index < -0.39 is 34.8 Å². The maximum Gasteiger partial charge on any atom is 0.417 e. The van der Waals surface area contributed by atoms with Gasteiger partial charge in [0.05, 0.1) is 17.0 Å². The lowest BCUT2D eigenvalue weighted by atomic mass is 10.2. The Balaban J connectivity index is 2.75. The van der Waals surface area contributed by atoms with E-state index in [2.05, 4.69) is 10.6 Å². The summed E-state index contributed by atoms with van der Waals surface area (Å²) in [6, 6.07) is 1.44. The molecule has 1 atom stereocenters. The van der Waals surface area contributed by atoms with Crippen LogP contribution in [0.4, 0.5) is 23.7 Å². The number of rotatable bonds is 4. The monoisotopic (exact) mass is 324 g/mol. The van der Waals surface area contributed by atoms with Crippen molar-refractivity contribution in [1.29, 1.82) is 0 Å². The number of carboxylic acid groups (broad SMARTS) is 1. The maximum atomic E-state index is 12.6. The number of carbonyl (C=O) groups excluding carboxylic acids is 1. The summed E-state index contributed by atoms with van der Waals surface area (Å²) >= 11 is 5.45. The number of halogens is 4. The Morgan fingerprint density at radius 1 is 1.38 bits per heavy atom. The zero-order valence-corrected chi connectivity index (χ0v) is 11.5. The van der Waals surface area contributed by atoms with Crippen LogP contribution in [0.1, 0.15) is 18.9 Å². The van der Waals surface area contributed by atoms with Gasteiger partial charge in [0.2, 0.25) is 0 Å². The van der Waals surface area contributed by atoms with Gasteiger partial charge in [-0.25, -0.2) is 4.79 Å². The number of alkyl halides is 3. The fraction of sp³-hybridized carbons (Fsp3) is 0.333. The molecule has 0 aliphatic heterocycles. The largest absolute Gasteiger partial charge is 0.481 e. The van der Waals surface area contributed by atoms with E-state index in [4.69, 9.17) is 16.7 Å². The van der Waals surface area contributed by atoms with Gasteiger partial charge in [-0.05, 0) is 25.1 Å². The Labute approximate surface area is 123 Å². The molecule has 3 N–H and O–H groups in total. The van der Waals surface area contributed by atoms with E-state index >= 15 is 0 Å². The summed E-state index contributed by atoms with van der Waals surface area (Å²) in [5, 5.41) is 12.5. The van der Waals surface area contributed by atoms with E-state index in [1.165, 1.54) is 13.0 Å². The van der Waals surface area contributed by atoms with E-state index in [0.717, 1.165) is 6.07 Å². The van der Waals surface area contributed by atoms with Gasteiger partial charge in [-0.15, -0.1) is 0 Å². The van der Waals surface area contributed by atoms with Crippen molar-refractivity contribution in [3.8, 4) is 0 Å². The Bertz CT molecular complexity index is 549. The van der Waals surface area contributed by atoms with Crippen molar-refractivity contribution >= 4 is 29.3 Å². The van der Waals surface area contributed by atoms with Crippen LogP contribution < -0.4 is 10.6 Å². The molecule has 0 saturated heterocycles. The summed E-state index contributed by atoms with van der Waals surface area (Å²) < 4.78 is 37.9. The van der Waals surface area contributed by atoms with Crippen LogP contribution >= 0.6 is 11.6 Å². The van der Waals surface area contributed by atoms with Crippen molar-refractivity contribution in [3.63, 3.8) is 0 Å². The van der Waals surface area contributed by atoms with Crippen LogP contribution in [0.5, 0.6) is 0 Å². The smallest absolute Gasteiger partial charge is 0.417 e. The van der Waals surface area contributed by atoms with E-state index in [1.54, 1.807) is 0 Å². The van der Waals surface area contributed by atoms with Crippen LogP contribution in [0.25, 0.3) is 0 Å². The lowest BCUT2D eigenvalue weighted by molar-refractivity contribution is -0.138. The van der Waals surface area contributed by atoms with E-state index in [1.807, 2.05) is 0 Å². The summed E-state index contributed by atoms with van der Waals surface area (Å²) in [5.74, 6) is -1.10. The number of carbonyl (C=O) groups is 2. The minimum Gasteiger partial charge on any atom is -0.481 e. The highest BCUT2D eigenvalue weighted by Crippen LogP contribution is 2.36. The normalized spacial score (nSPS) is 12.6. The molecule has 0 aliphatic rings. The average molecular weight is 325 g/mol. The molecule has 0 fully saturated rings. The minimum absolute atomic E-state index is 0.105. The van der Waals surface area contributed by atoms with Gasteiger partial charge < -0.3 is 15.7 Å². The number of carboxylic acids is 1. The Kier molecular flexibility index (Phi) is 5.42. The Morgan fingerprint density at radius 2 is 2.00 bits per heavy atom. The molecule has 0 saturated carbocycles. The topological polar surface area (TPSA) is 78.4 Å². The predicted octanol–water partition coefficient (Wildman–Crippen LogP) is 3.34. The third kappa shape index (κ3) is 5.50. The standard InChI is InChI=1S/C12H12ClF3N2O3/c1-6(4-10(19)20)17-11(21)18-7-2-3-9(13)8(5-7)12(14,15)16/h2-3,5-6H,4H2,1H3,(H,19,20)(H2,17,18,21). The molecule has 0 spiro atoms. The molecular formula is C12H12ClF3N2O3. The van der Waals surface area contributed by atoms with E-state index in [-0.39, 0.29) is 12.1 Å². The van der Waals surface area contributed by atoms with Crippen molar-refractivity contribution in [2.75, 3.05) is 5.32 Å². The van der Waals surface area contributed by atoms with E-state index in [0.29, 0.717) is 6.07 Å². The van der Waals surface area contributed by atoms with Gasteiger partial charge in [0.1, 0.15) is 0 Å². The van der Waals surface area contributed by atoms with Gasteiger partial charge in [-0.3, -0.25) is 4.79 Å². The zero-order chi connectivity index (χ0) is 16.2. The van der Waals surface area contributed by atoms with Crippen LogP contribution in [-0.2, 0) is 11.0 Å². The predicted molar refractivity (Wildman–Crippen MR) is 70.3 cm³/mol. The molecule has 0 bridgehead atoms. The van der Waals surface area contributed by atoms with Crippen molar-refractivity contribution in [2.45, 2.75) is 25.6 Å². The lowest BCUT2D eigenvalue weighted by Crippen LogP contribution is -2.37. The third-order valence-electron chi connectivity index (χ3n) is 2.39. The molecular weight excluding hydrogens is 313 g/mol.